The van der Waals surface area contributed by atoms with Gasteiger partial charge in [-0.1, -0.05) is 32.0 Å². The van der Waals surface area contributed by atoms with Crippen LogP contribution in [0.4, 0.5) is 18.3 Å². The van der Waals surface area contributed by atoms with Gasteiger partial charge >= 0.3 is 6.18 Å². The second-order valence-corrected chi connectivity index (χ2v) is 7.53. The van der Waals surface area contributed by atoms with Gasteiger partial charge in [0.05, 0.1) is 5.56 Å². The molecule has 27 heavy (non-hydrogen) atoms. The molecule has 1 heterocycles. The number of carbonyl (C=O) groups excluding carboxylic acids is 2. The van der Waals surface area contributed by atoms with Gasteiger partial charge in [-0.2, -0.15) is 13.2 Å². The van der Waals surface area contributed by atoms with Gasteiger partial charge in [0.2, 0.25) is 11.8 Å². The molecular weight excluding hydrogens is 379 g/mol. The molecule has 2 rings (SSSR count). The van der Waals surface area contributed by atoms with Gasteiger partial charge in [0.15, 0.2) is 5.13 Å². The summed E-state index contributed by atoms with van der Waals surface area (Å²) in [5, 5.41) is 5.56. The number of alkyl halides is 3. The molecule has 0 spiro atoms. The summed E-state index contributed by atoms with van der Waals surface area (Å²) < 4.78 is 38.4. The molecule has 5 nitrogen and oxygen atoms in total. The van der Waals surface area contributed by atoms with E-state index in [0.717, 1.165) is 12.1 Å². The Bertz CT molecular complexity index is 818. The van der Waals surface area contributed by atoms with Crippen LogP contribution in [-0.2, 0) is 22.2 Å². The van der Waals surface area contributed by atoms with Gasteiger partial charge in [0.25, 0.3) is 0 Å². The summed E-state index contributed by atoms with van der Waals surface area (Å²) in [7, 11) is 0. The van der Waals surface area contributed by atoms with E-state index in [-0.39, 0.29) is 24.2 Å². The van der Waals surface area contributed by atoms with Crippen molar-refractivity contribution in [2.45, 2.75) is 39.4 Å². The van der Waals surface area contributed by atoms with Gasteiger partial charge in [-0.25, -0.2) is 4.98 Å². The van der Waals surface area contributed by atoms with Gasteiger partial charge in [0.1, 0.15) is 6.04 Å². The normalized spacial score (nSPS) is 12.7. The molecule has 2 aromatic rings. The van der Waals surface area contributed by atoms with E-state index in [0.29, 0.717) is 15.6 Å². The minimum absolute atomic E-state index is 0.113. The second kappa shape index (κ2) is 8.51. The van der Waals surface area contributed by atoms with E-state index in [1.54, 1.807) is 19.9 Å². The fourth-order valence-electron chi connectivity index (χ4n) is 2.44. The van der Waals surface area contributed by atoms with Crippen LogP contribution in [0.3, 0.4) is 0 Å². The zero-order valence-electron chi connectivity index (χ0n) is 15.1. The Hall–Kier alpha value is -2.42. The number of aromatic nitrogens is 1. The van der Waals surface area contributed by atoms with E-state index in [4.69, 9.17) is 0 Å². The third-order valence-corrected chi connectivity index (χ3v) is 4.64. The number of nitrogens with one attached hydrogen (secondary N) is 2. The molecule has 0 bridgehead atoms. The molecule has 2 amide bonds. The summed E-state index contributed by atoms with van der Waals surface area (Å²) in [6.07, 6.45) is -2.60. The predicted octanol–water partition coefficient (Wildman–Crippen LogP) is 3.85. The topological polar surface area (TPSA) is 71.1 Å². The predicted molar refractivity (Wildman–Crippen MR) is 97.4 cm³/mol. The molecule has 9 heteroatoms. The highest BCUT2D eigenvalue weighted by molar-refractivity contribution is 7.15. The van der Waals surface area contributed by atoms with E-state index < -0.39 is 17.8 Å². The third kappa shape index (κ3) is 6.06. The van der Waals surface area contributed by atoms with Crippen LogP contribution in [0.2, 0.25) is 0 Å². The van der Waals surface area contributed by atoms with Crippen molar-refractivity contribution in [3.63, 3.8) is 0 Å². The molecule has 0 aliphatic carbocycles. The van der Waals surface area contributed by atoms with Gasteiger partial charge < -0.3 is 10.6 Å². The number of anilines is 1. The fraction of sp³-hybridized carbons (Fsp3) is 0.389. The third-order valence-electron chi connectivity index (χ3n) is 3.72. The van der Waals surface area contributed by atoms with E-state index in [1.807, 2.05) is 0 Å². The maximum absolute atomic E-state index is 12.8. The van der Waals surface area contributed by atoms with Crippen LogP contribution < -0.4 is 10.6 Å². The monoisotopic (exact) mass is 399 g/mol. The number of hydrogen-bond acceptors (Lipinski definition) is 4. The minimum Gasteiger partial charge on any atom is -0.344 e. The van der Waals surface area contributed by atoms with E-state index in [1.165, 1.54) is 30.5 Å². The molecule has 0 saturated carbocycles. The van der Waals surface area contributed by atoms with Gasteiger partial charge in [-0.05, 0) is 17.5 Å². The van der Waals surface area contributed by atoms with Crippen LogP contribution in [0.5, 0.6) is 0 Å². The maximum atomic E-state index is 12.8. The van der Waals surface area contributed by atoms with Crippen molar-refractivity contribution in [2.24, 2.45) is 5.92 Å². The van der Waals surface area contributed by atoms with Crippen molar-refractivity contribution in [1.82, 2.24) is 10.3 Å². The number of nitrogens with zero attached hydrogens (tertiary/aromatic N) is 1. The lowest BCUT2D eigenvalue weighted by atomic mass is 10.0. The molecule has 1 atom stereocenters. The number of benzene rings is 1. The van der Waals surface area contributed by atoms with Crippen molar-refractivity contribution in [1.29, 1.82) is 0 Å². The maximum Gasteiger partial charge on any atom is 0.416 e. The second-order valence-electron chi connectivity index (χ2n) is 6.42. The first kappa shape index (κ1) is 20.9. The zero-order chi connectivity index (χ0) is 20.2. The fourth-order valence-corrected chi connectivity index (χ4v) is 3.29. The van der Waals surface area contributed by atoms with Crippen molar-refractivity contribution in [3.8, 4) is 0 Å². The average Bonchev–Trinajstić information content (AvgIpc) is 2.98. The Kier molecular flexibility index (Phi) is 6.59. The Balaban J connectivity index is 2.06. The zero-order valence-corrected chi connectivity index (χ0v) is 15.9. The standard InChI is InChI=1S/C18H20F3N3O2S/c1-10(2)15(23-11(3)25)16(26)24-17-22-9-14(27-17)8-12-5-4-6-13(7-12)18(19,20)21/h4-7,9-10,15H,8H2,1-3H3,(H,23,25)(H,22,24,26)/t15-/m1/s1. The van der Waals surface area contributed by atoms with Crippen molar-refractivity contribution >= 4 is 28.3 Å². The summed E-state index contributed by atoms with van der Waals surface area (Å²) in [6, 6.07) is 4.40. The molecular formula is C18H20F3N3O2S. The molecule has 2 N–H and O–H groups in total. The number of thiazole rings is 1. The molecule has 0 unspecified atom stereocenters. The van der Waals surface area contributed by atoms with Gasteiger partial charge in [0, 0.05) is 24.4 Å². The number of rotatable bonds is 6. The molecule has 0 aliphatic rings. The number of amides is 2. The number of hydrogen-bond donors (Lipinski definition) is 2. The lowest BCUT2D eigenvalue weighted by molar-refractivity contribution is -0.137. The van der Waals surface area contributed by atoms with E-state index in [2.05, 4.69) is 15.6 Å². The summed E-state index contributed by atoms with van der Waals surface area (Å²) in [5.41, 5.74) is -0.197. The van der Waals surface area contributed by atoms with Crippen molar-refractivity contribution in [2.75, 3.05) is 5.32 Å². The Morgan fingerprint density at radius 2 is 1.96 bits per heavy atom. The summed E-state index contributed by atoms with van der Waals surface area (Å²) >= 11 is 1.18. The van der Waals surface area contributed by atoms with Crippen LogP contribution >= 0.6 is 11.3 Å². The molecule has 0 aliphatic heterocycles. The Morgan fingerprint density at radius 1 is 1.26 bits per heavy atom. The first-order valence-electron chi connectivity index (χ1n) is 8.25. The molecule has 146 valence electrons. The summed E-state index contributed by atoms with van der Waals surface area (Å²) in [6.45, 7) is 4.95. The molecule has 0 radical (unpaired) electrons. The van der Waals surface area contributed by atoms with Gasteiger partial charge in [-0.15, -0.1) is 11.3 Å². The largest absolute Gasteiger partial charge is 0.416 e. The Morgan fingerprint density at radius 3 is 2.56 bits per heavy atom. The molecule has 1 aromatic carbocycles. The average molecular weight is 399 g/mol. The van der Waals surface area contributed by atoms with Crippen molar-refractivity contribution < 1.29 is 22.8 Å². The lowest BCUT2D eigenvalue weighted by Gasteiger charge is -2.20. The SMILES string of the molecule is CC(=O)N[C@@H](C(=O)Nc1ncc(Cc2cccc(C(F)(F)F)c2)s1)C(C)C. The van der Waals surface area contributed by atoms with Crippen LogP contribution in [0.1, 0.15) is 36.8 Å². The first-order chi connectivity index (χ1) is 12.6. The number of carbonyl (C=O) groups is 2. The molecule has 0 fully saturated rings. The van der Waals surface area contributed by atoms with Crippen LogP contribution in [0.15, 0.2) is 30.5 Å². The first-order valence-corrected chi connectivity index (χ1v) is 9.06. The van der Waals surface area contributed by atoms with Crippen molar-refractivity contribution in [3.05, 3.63) is 46.5 Å². The van der Waals surface area contributed by atoms with E-state index in [9.17, 15) is 22.8 Å². The van der Waals surface area contributed by atoms with E-state index >= 15 is 0 Å². The van der Waals surface area contributed by atoms with Crippen LogP contribution in [0.25, 0.3) is 0 Å². The van der Waals surface area contributed by atoms with Gasteiger partial charge in [-0.3, -0.25) is 9.59 Å². The van der Waals surface area contributed by atoms with Crippen LogP contribution in [0, 0.1) is 5.92 Å². The molecule has 1 aromatic heterocycles. The lowest BCUT2D eigenvalue weighted by Crippen LogP contribution is -2.46. The number of halogens is 3. The Labute approximate surface area is 159 Å². The molecule has 0 saturated heterocycles. The highest BCUT2D eigenvalue weighted by Crippen LogP contribution is 2.30. The summed E-state index contributed by atoms with van der Waals surface area (Å²) in [4.78, 5) is 28.4. The highest BCUT2D eigenvalue weighted by Gasteiger charge is 2.30. The summed E-state index contributed by atoms with van der Waals surface area (Å²) in [5.74, 6) is -0.813. The quantitative estimate of drug-likeness (QED) is 0.775. The minimum atomic E-state index is -4.39. The highest BCUT2D eigenvalue weighted by atomic mass is 32.1. The van der Waals surface area contributed by atoms with Crippen LogP contribution in [-0.4, -0.2) is 22.8 Å². The smallest absolute Gasteiger partial charge is 0.344 e.